The SMILES string of the molecule is CC1(C)C(O)CC1NC(=O)c1cc2ccc(F)cc2s1. The van der Waals surface area contributed by atoms with Crippen LogP contribution in [0.15, 0.2) is 24.3 Å². The molecule has 2 atom stereocenters. The lowest BCUT2D eigenvalue weighted by atomic mass is 9.64. The maximum atomic E-state index is 13.1. The second-order valence-corrected chi connectivity index (χ2v) is 6.98. The molecule has 1 aliphatic carbocycles. The number of aliphatic hydroxyl groups is 1. The molecule has 1 aromatic carbocycles. The first kappa shape index (κ1) is 13.5. The zero-order chi connectivity index (χ0) is 14.5. The summed E-state index contributed by atoms with van der Waals surface area (Å²) in [5.41, 5.74) is -0.293. The van der Waals surface area contributed by atoms with Crippen molar-refractivity contribution in [2.75, 3.05) is 0 Å². The van der Waals surface area contributed by atoms with E-state index < -0.39 is 0 Å². The standard InChI is InChI=1S/C15H16FNO2S/c1-15(2)12(7-13(15)18)17-14(19)11-5-8-3-4-9(16)6-10(8)20-11/h3-6,12-13,18H,7H2,1-2H3,(H,17,19). The molecular formula is C15H16FNO2S. The predicted octanol–water partition coefficient (Wildman–Crippen LogP) is 2.93. The highest BCUT2D eigenvalue weighted by Crippen LogP contribution is 2.40. The van der Waals surface area contributed by atoms with Crippen LogP contribution in [-0.4, -0.2) is 23.2 Å². The number of nitrogens with one attached hydrogen (secondary N) is 1. The first-order valence-corrected chi connectivity index (χ1v) is 7.37. The first-order valence-electron chi connectivity index (χ1n) is 6.56. The van der Waals surface area contributed by atoms with Crippen molar-refractivity contribution in [3.63, 3.8) is 0 Å². The predicted molar refractivity (Wildman–Crippen MR) is 77.4 cm³/mol. The number of hydrogen-bond acceptors (Lipinski definition) is 3. The van der Waals surface area contributed by atoms with Gasteiger partial charge in [-0.2, -0.15) is 0 Å². The third-order valence-electron chi connectivity index (χ3n) is 4.23. The van der Waals surface area contributed by atoms with E-state index in [9.17, 15) is 14.3 Å². The fourth-order valence-corrected chi connectivity index (χ4v) is 3.48. The van der Waals surface area contributed by atoms with Gasteiger partial charge in [0.15, 0.2) is 0 Å². The number of fused-ring (bicyclic) bond motifs is 1. The van der Waals surface area contributed by atoms with Gasteiger partial charge in [-0.1, -0.05) is 19.9 Å². The van der Waals surface area contributed by atoms with E-state index >= 15 is 0 Å². The van der Waals surface area contributed by atoms with Crippen LogP contribution in [-0.2, 0) is 0 Å². The van der Waals surface area contributed by atoms with Crippen LogP contribution in [0.3, 0.4) is 0 Å². The molecule has 1 fully saturated rings. The summed E-state index contributed by atoms with van der Waals surface area (Å²) in [4.78, 5) is 12.8. The molecule has 0 bridgehead atoms. The van der Waals surface area contributed by atoms with Crippen molar-refractivity contribution in [1.29, 1.82) is 0 Å². The van der Waals surface area contributed by atoms with Gasteiger partial charge in [0.05, 0.1) is 11.0 Å². The third-order valence-corrected chi connectivity index (χ3v) is 5.32. The molecule has 3 rings (SSSR count). The molecule has 0 saturated heterocycles. The number of rotatable bonds is 2. The lowest BCUT2D eigenvalue weighted by Crippen LogP contribution is -2.61. The van der Waals surface area contributed by atoms with Crippen LogP contribution in [0.5, 0.6) is 0 Å². The second kappa shape index (κ2) is 4.53. The number of benzene rings is 1. The summed E-state index contributed by atoms with van der Waals surface area (Å²) in [5, 5.41) is 13.5. The molecule has 106 valence electrons. The molecule has 5 heteroatoms. The fourth-order valence-electron chi connectivity index (χ4n) is 2.49. The lowest BCUT2D eigenvalue weighted by Gasteiger charge is -2.49. The molecule has 2 aromatic rings. The van der Waals surface area contributed by atoms with Gasteiger partial charge < -0.3 is 10.4 Å². The summed E-state index contributed by atoms with van der Waals surface area (Å²) in [6.45, 7) is 3.87. The normalized spacial score (nSPS) is 24.4. The Morgan fingerprint density at radius 1 is 1.45 bits per heavy atom. The van der Waals surface area contributed by atoms with E-state index in [-0.39, 0.29) is 29.3 Å². The number of aliphatic hydroxyl groups excluding tert-OH is 1. The van der Waals surface area contributed by atoms with Crippen molar-refractivity contribution in [2.24, 2.45) is 5.41 Å². The van der Waals surface area contributed by atoms with Crippen molar-refractivity contribution in [3.8, 4) is 0 Å². The quantitative estimate of drug-likeness (QED) is 0.894. The van der Waals surface area contributed by atoms with Gasteiger partial charge in [-0.05, 0) is 30.0 Å². The van der Waals surface area contributed by atoms with E-state index in [4.69, 9.17) is 0 Å². The highest BCUT2D eigenvalue weighted by atomic mass is 32.1. The minimum atomic E-state index is -0.371. The third kappa shape index (κ3) is 2.11. The van der Waals surface area contributed by atoms with E-state index in [0.717, 1.165) is 10.1 Å². The van der Waals surface area contributed by atoms with Crippen LogP contribution < -0.4 is 5.32 Å². The Morgan fingerprint density at radius 3 is 2.85 bits per heavy atom. The molecule has 1 saturated carbocycles. The topological polar surface area (TPSA) is 49.3 Å². The maximum Gasteiger partial charge on any atom is 0.261 e. The molecule has 0 aliphatic heterocycles. The van der Waals surface area contributed by atoms with Crippen LogP contribution in [0.1, 0.15) is 29.9 Å². The Kier molecular flexibility index (Phi) is 3.06. The summed E-state index contributed by atoms with van der Waals surface area (Å²) >= 11 is 1.28. The van der Waals surface area contributed by atoms with Crippen LogP contribution in [0.25, 0.3) is 10.1 Å². The largest absolute Gasteiger partial charge is 0.392 e. The van der Waals surface area contributed by atoms with Gasteiger partial charge in [-0.15, -0.1) is 11.3 Å². The van der Waals surface area contributed by atoms with Gasteiger partial charge in [0.2, 0.25) is 0 Å². The van der Waals surface area contributed by atoms with Gasteiger partial charge in [-0.25, -0.2) is 4.39 Å². The van der Waals surface area contributed by atoms with Crippen LogP contribution in [0, 0.1) is 11.2 Å². The zero-order valence-corrected chi connectivity index (χ0v) is 12.1. The number of amides is 1. The molecule has 1 heterocycles. The Morgan fingerprint density at radius 2 is 2.20 bits per heavy atom. The highest BCUT2D eigenvalue weighted by molar-refractivity contribution is 7.20. The number of hydrogen-bond donors (Lipinski definition) is 2. The number of halogens is 1. The van der Waals surface area contributed by atoms with Crippen molar-refractivity contribution in [3.05, 3.63) is 35.0 Å². The molecule has 0 radical (unpaired) electrons. The average Bonchev–Trinajstić information content (AvgIpc) is 2.81. The minimum absolute atomic E-state index is 0.0213. The van der Waals surface area contributed by atoms with E-state index in [1.165, 1.54) is 23.5 Å². The summed E-state index contributed by atoms with van der Waals surface area (Å²) in [7, 11) is 0. The maximum absolute atomic E-state index is 13.1. The Hall–Kier alpha value is -1.46. The average molecular weight is 293 g/mol. The Labute approximate surface area is 120 Å². The van der Waals surface area contributed by atoms with Crippen LogP contribution in [0.2, 0.25) is 0 Å². The molecule has 0 spiro atoms. The second-order valence-electron chi connectivity index (χ2n) is 5.89. The van der Waals surface area contributed by atoms with Gasteiger partial charge in [-0.3, -0.25) is 4.79 Å². The van der Waals surface area contributed by atoms with Crippen molar-refractivity contribution in [2.45, 2.75) is 32.4 Å². The Balaban J connectivity index is 1.79. The van der Waals surface area contributed by atoms with Gasteiger partial charge in [0.1, 0.15) is 5.82 Å². The van der Waals surface area contributed by atoms with Crippen molar-refractivity contribution in [1.82, 2.24) is 5.32 Å². The molecule has 3 nitrogen and oxygen atoms in total. The minimum Gasteiger partial charge on any atom is -0.392 e. The van der Waals surface area contributed by atoms with Gasteiger partial charge in [0.25, 0.3) is 5.91 Å². The number of carbonyl (C=O) groups excluding carboxylic acids is 1. The molecule has 2 N–H and O–H groups in total. The van der Waals surface area contributed by atoms with Gasteiger partial charge >= 0.3 is 0 Å². The fraction of sp³-hybridized carbons (Fsp3) is 0.400. The van der Waals surface area contributed by atoms with Crippen LogP contribution >= 0.6 is 11.3 Å². The molecule has 1 aromatic heterocycles. The first-order chi connectivity index (χ1) is 9.38. The molecule has 2 unspecified atom stereocenters. The summed E-state index contributed by atoms with van der Waals surface area (Å²) in [6.07, 6.45) is 0.211. The van der Waals surface area contributed by atoms with Crippen LogP contribution in [0.4, 0.5) is 4.39 Å². The monoisotopic (exact) mass is 293 g/mol. The van der Waals surface area contributed by atoms with Crippen molar-refractivity contribution < 1.29 is 14.3 Å². The van der Waals surface area contributed by atoms with E-state index in [2.05, 4.69) is 5.32 Å². The van der Waals surface area contributed by atoms with Gasteiger partial charge in [0, 0.05) is 16.2 Å². The van der Waals surface area contributed by atoms with Crippen molar-refractivity contribution >= 4 is 27.3 Å². The molecule has 1 amide bonds. The summed E-state index contributed by atoms with van der Waals surface area (Å²) in [6, 6.07) is 6.26. The molecular weight excluding hydrogens is 277 g/mol. The molecule has 20 heavy (non-hydrogen) atoms. The highest BCUT2D eigenvalue weighted by Gasteiger charge is 2.48. The zero-order valence-electron chi connectivity index (χ0n) is 11.3. The van der Waals surface area contributed by atoms with E-state index in [1.807, 2.05) is 13.8 Å². The Bertz CT molecular complexity index is 680. The summed E-state index contributed by atoms with van der Waals surface area (Å²) in [5.74, 6) is -0.453. The van der Waals surface area contributed by atoms with E-state index in [1.54, 1.807) is 12.1 Å². The summed E-state index contributed by atoms with van der Waals surface area (Å²) < 4.78 is 13.9. The molecule has 1 aliphatic rings. The van der Waals surface area contributed by atoms with E-state index in [0.29, 0.717) is 11.3 Å². The number of carbonyl (C=O) groups is 1. The lowest BCUT2D eigenvalue weighted by molar-refractivity contribution is -0.0689. The number of thiophene rings is 1. The smallest absolute Gasteiger partial charge is 0.261 e.